The standard InChI is InChI=1S/C10H14O5/c1-4-14-8(11)6-10(13)15-9(12)5-7(2)3/h5H,4,6H2,1-3H3. The van der Waals surface area contributed by atoms with E-state index in [1.165, 1.54) is 6.08 Å². The highest BCUT2D eigenvalue weighted by Crippen LogP contribution is 1.95. The zero-order valence-corrected chi connectivity index (χ0v) is 9.03. The Bertz CT molecular complexity index is 286. The molecule has 0 spiro atoms. The highest BCUT2D eigenvalue weighted by Gasteiger charge is 2.14. The van der Waals surface area contributed by atoms with Gasteiger partial charge in [0.25, 0.3) is 0 Å². The van der Waals surface area contributed by atoms with Crippen LogP contribution in [-0.2, 0) is 23.9 Å². The number of esters is 3. The number of carbonyl (C=O) groups is 3. The molecule has 0 aromatic heterocycles. The zero-order chi connectivity index (χ0) is 11.8. The van der Waals surface area contributed by atoms with Crippen molar-refractivity contribution in [3.63, 3.8) is 0 Å². The van der Waals surface area contributed by atoms with Crippen LogP contribution in [0, 0.1) is 0 Å². The van der Waals surface area contributed by atoms with Gasteiger partial charge in [-0.2, -0.15) is 0 Å². The van der Waals surface area contributed by atoms with Crippen LogP contribution in [0.25, 0.3) is 0 Å². The van der Waals surface area contributed by atoms with Crippen molar-refractivity contribution in [3.8, 4) is 0 Å². The molecule has 0 heterocycles. The van der Waals surface area contributed by atoms with E-state index in [1.54, 1.807) is 20.8 Å². The fourth-order valence-electron chi connectivity index (χ4n) is 0.743. The quantitative estimate of drug-likeness (QED) is 0.396. The number of ether oxygens (including phenoxy) is 2. The van der Waals surface area contributed by atoms with Crippen molar-refractivity contribution in [2.45, 2.75) is 27.2 Å². The summed E-state index contributed by atoms with van der Waals surface area (Å²) in [5, 5.41) is 0. The van der Waals surface area contributed by atoms with Crippen LogP contribution in [0.15, 0.2) is 11.6 Å². The molecule has 5 heteroatoms. The average molecular weight is 214 g/mol. The van der Waals surface area contributed by atoms with Gasteiger partial charge in [0, 0.05) is 6.08 Å². The molecule has 0 radical (unpaired) electrons. The molecule has 0 unspecified atom stereocenters. The maximum absolute atomic E-state index is 10.9. The molecule has 84 valence electrons. The monoisotopic (exact) mass is 214 g/mol. The lowest BCUT2D eigenvalue weighted by molar-refractivity contribution is -0.160. The molecule has 0 fully saturated rings. The third-order valence-corrected chi connectivity index (χ3v) is 1.21. The molecular weight excluding hydrogens is 200 g/mol. The Morgan fingerprint density at radius 3 is 2.20 bits per heavy atom. The van der Waals surface area contributed by atoms with E-state index in [1.807, 2.05) is 0 Å². The normalized spacial score (nSPS) is 9.00. The number of hydrogen-bond acceptors (Lipinski definition) is 5. The van der Waals surface area contributed by atoms with Gasteiger partial charge in [0.1, 0.15) is 6.42 Å². The number of rotatable bonds is 4. The van der Waals surface area contributed by atoms with Gasteiger partial charge in [-0.15, -0.1) is 0 Å². The molecule has 0 saturated carbocycles. The predicted octanol–water partition coefficient (Wildman–Crippen LogP) is 0.976. The molecule has 5 nitrogen and oxygen atoms in total. The summed E-state index contributed by atoms with van der Waals surface area (Å²) in [6.45, 7) is 5.19. The molecule has 0 bridgehead atoms. The minimum absolute atomic E-state index is 0.189. The highest BCUT2D eigenvalue weighted by atomic mass is 16.6. The summed E-state index contributed by atoms with van der Waals surface area (Å²) in [5.41, 5.74) is 0.712. The van der Waals surface area contributed by atoms with E-state index in [2.05, 4.69) is 9.47 Å². The van der Waals surface area contributed by atoms with Crippen molar-refractivity contribution < 1.29 is 23.9 Å². The van der Waals surface area contributed by atoms with Gasteiger partial charge in [-0.3, -0.25) is 9.59 Å². The largest absolute Gasteiger partial charge is 0.466 e. The first-order valence-electron chi connectivity index (χ1n) is 4.50. The van der Waals surface area contributed by atoms with Gasteiger partial charge in [0.15, 0.2) is 0 Å². The summed E-state index contributed by atoms with van der Waals surface area (Å²) >= 11 is 0. The Hall–Kier alpha value is -1.65. The number of carbonyl (C=O) groups excluding carboxylic acids is 3. The molecule has 0 aromatic carbocycles. The van der Waals surface area contributed by atoms with Crippen LogP contribution in [0.1, 0.15) is 27.2 Å². The predicted molar refractivity (Wildman–Crippen MR) is 51.8 cm³/mol. The van der Waals surface area contributed by atoms with Gasteiger partial charge in [-0.25, -0.2) is 4.79 Å². The van der Waals surface area contributed by atoms with Crippen molar-refractivity contribution in [3.05, 3.63) is 11.6 Å². The summed E-state index contributed by atoms with van der Waals surface area (Å²) in [6, 6.07) is 0. The summed E-state index contributed by atoms with van der Waals surface area (Å²) in [6.07, 6.45) is 0.624. The van der Waals surface area contributed by atoms with Crippen LogP contribution in [0.3, 0.4) is 0 Å². The lowest BCUT2D eigenvalue weighted by atomic mass is 10.3. The second-order valence-electron chi connectivity index (χ2n) is 3.00. The number of allylic oxidation sites excluding steroid dienone is 1. The SMILES string of the molecule is CCOC(=O)CC(=O)OC(=O)C=C(C)C. The lowest BCUT2D eigenvalue weighted by Gasteiger charge is -2.00. The van der Waals surface area contributed by atoms with Crippen LogP contribution in [0.4, 0.5) is 0 Å². The third kappa shape index (κ3) is 7.42. The minimum atomic E-state index is -0.907. The first-order chi connectivity index (χ1) is 6.95. The fourth-order valence-corrected chi connectivity index (χ4v) is 0.743. The average Bonchev–Trinajstić information content (AvgIpc) is 2.00. The Morgan fingerprint density at radius 1 is 1.13 bits per heavy atom. The summed E-state index contributed by atoms with van der Waals surface area (Å²) in [5.74, 6) is -2.38. The molecule has 0 saturated heterocycles. The van der Waals surface area contributed by atoms with Gasteiger partial charge in [-0.1, -0.05) is 5.57 Å². The van der Waals surface area contributed by atoms with Crippen molar-refractivity contribution in [2.75, 3.05) is 6.61 Å². The first-order valence-corrected chi connectivity index (χ1v) is 4.50. The fraction of sp³-hybridized carbons (Fsp3) is 0.500. The van der Waals surface area contributed by atoms with Crippen LogP contribution in [-0.4, -0.2) is 24.5 Å². The van der Waals surface area contributed by atoms with Crippen molar-refractivity contribution >= 4 is 17.9 Å². The molecule has 0 aliphatic rings. The third-order valence-electron chi connectivity index (χ3n) is 1.21. The molecule has 0 amide bonds. The van der Waals surface area contributed by atoms with E-state index in [0.717, 1.165) is 0 Å². The van der Waals surface area contributed by atoms with E-state index in [4.69, 9.17) is 0 Å². The van der Waals surface area contributed by atoms with Crippen LogP contribution in [0.2, 0.25) is 0 Å². The van der Waals surface area contributed by atoms with Crippen LogP contribution >= 0.6 is 0 Å². The molecular formula is C10H14O5. The maximum Gasteiger partial charge on any atom is 0.338 e. The Kier molecular flexibility index (Phi) is 6.01. The lowest BCUT2D eigenvalue weighted by Crippen LogP contribution is -2.16. The van der Waals surface area contributed by atoms with Crippen molar-refractivity contribution in [1.29, 1.82) is 0 Å². The van der Waals surface area contributed by atoms with E-state index in [0.29, 0.717) is 5.57 Å². The Balaban J connectivity index is 3.99. The van der Waals surface area contributed by atoms with Gasteiger partial charge in [-0.05, 0) is 20.8 Å². The maximum atomic E-state index is 10.9. The van der Waals surface area contributed by atoms with Crippen LogP contribution < -0.4 is 0 Å². The van der Waals surface area contributed by atoms with E-state index < -0.39 is 24.3 Å². The second-order valence-corrected chi connectivity index (χ2v) is 3.00. The zero-order valence-electron chi connectivity index (χ0n) is 9.03. The molecule has 15 heavy (non-hydrogen) atoms. The first kappa shape index (κ1) is 13.4. The molecule has 0 aromatic rings. The minimum Gasteiger partial charge on any atom is -0.466 e. The van der Waals surface area contributed by atoms with Gasteiger partial charge >= 0.3 is 17.9 Å². The molecule has 0 N–H and O–H groups in total. The van der Waals surface area contributed by atoms with Gasteiger partial charge in [0.05, 0.1) is 6.61 Å². The van der Waals surface area contributed by atoms with Crippen LogP contribution in [0.5, 0.6) is 0 Å². The van der Waals surface area contributed by atoms with E-state index in [-0.39, 0.29) is 6.61 Å². The summed E-state index contributed by atoms with van der Waals surface area (Å²) < 4.78 is 8.83. The summed E-state index contributed by atoms with van der Waals surface area (Å²) in [7, 11) is 0. The summed E-state index contributed by atoms with van der Waals surface area (Å²) in [4.78, 5) is 32.7. The van der Waals surface area contributed by atoms with Gasteiger partial charge in [0.2, 0.25) is 0 Å². The van der Waals surface area contributed by atoms with E-state index in [9.17, 15) is 14.4 Å². The Morgan fingerprint density at radius 2 is 1.73 bits per heavy atom. The Labute approximate surface area is 88.0 Å². The number of hydrogen-bond donors (Lipinski definition) is 0. The second kappa shape index (κ2) is 6.75. The van der Waals surface area contributed by atoms with Crippen molar-refractivity contribution in [1.82, 2.24) is 0 Å². The smallest absolute Gasteiger partial charge is 0.338 e. The molecule has 0 rings (SSSR count). The molecule has 0 aliphatic heterocycles. The molecule has 0 atom stereocenters. The van der Waals surface area contributed by atoms with E-state index >= 15 is 0 Å². The highest BCUT2D eigenvalue weighted by molar-refractivity contribution is 5.98. The van der Waals surface area contributed by atoms with Crippen molar-refractivity contribution in [2.24, 2.45) is 0 Å². The van der Waals surface area contributed by atoms with Gasteiger partial charge < -0.3 is 9.47 Å². The molecule has 0 aliphatic carbocycles. The topological polar surface area (TPSA) is 69.7 Å².